The zero-order valence-electron chi connectivity index (χ0n) is 64.7. The fourth-order valence-corrected chi connectivity index (χ4v) is 19.3. The molecule has 0 aliphatic rings. The molecule has 0 spiro atoms. The normalized spacial score (nSPS) is 11.4. The smallest absolute Gasteiger partial charge is 0.226 e. The summed E-state index contributed by atoms with van der Waals surface area (Å²) in [6.45, 7) is 0. The van der Waals surface area contributed by atoms with Crippen molar-refractivity contribution in [2.45, 2.75) is 0 Å². The lowest BCUT2D eigenvalue weighted by Crippen LogP contribution is -1.97. The minimum atomic E-state index is 0.137. The second-order valence-electron chi connectivity index (χ2n) is 29.3. The van der Waals surface area contributed by atoms with Crippen LogP contribution in [-0.2, 0) is 0 Å². The fraction of sp³-hybridized carbons (Fsp3) is 0. The molecule has 16 aromatic carbocycles. The van der Waals surface area contributed by atoms with Gasteiger partial charge in [0, 0.05) is 96.9 Å². The highest BCUT2D eigenvalue weighted by Crippen LogP contribution is 2.49. The standard InChI is InChI=1S/C37H22ClN3O.C36H21ClN4S.C33H20ClN3S/c38-37-40-35(24-12-5-2-6-13-24)39-36(41-37)31-18-8-17-30-33-29(16-9-19-32(33)42-34(30)31)28-15-7-14-26-22-25(20-21-27(26)28)23-10-3-1-4-11-23;37-36-40-34(22-9-2-1-3-10-22)39-35(41-36)29-16-6-15-28-32-27(14-7-17-31(32)42-33(28)29)30-20-25(24-12-8-18-38-21-24)19-23-11-4-5-13-26(23)30;34-33-36-31(22-12-5-2-6-13-22)35-32(37-33)27-18-8-17-26-29-25(16-9-19-28(29)38-30(26)27)24-15-7-14-23(20-24)21-10-3-1-4-11-21/h1-22H;1-21H;1-20H. The predicted octanol–water partition coefficient (Wildman–Crippen LogP) is 29.9. The Morgan fingerprint density at radius 3 is 1.17 bits per heavy atom. The van der Waals surface area contributed by atoms with Crippen LogP contribution in [0.3, 0.4) is 0 Å². The maximum absolute atomic E-state index is 6.53. The van der Waals surface area contributed by atoms with Crippen molar-refractivity contribution in [3.05, 3.63) is 398 Å². The zero-order valence-corrected chi connectivity index (χ0v) is 68.6. The molecule has 576 valence electrons. The molecule has 0 bridgehead atoms. The summed E-state index contributed by atoms with van der Waals surface area (Å²) in [7, 11) is 0. The molecule has 16 heteroatoms. The van der Waals surface area contributed by atoms with Crippen LogP contribution < -0.4 is 0 Å². The van der Waals surface area contributed by atoms with Gasteiger partial charge >= 0.3 is 0 Å². The SMILES string of the molecule is Clc1nc(-c2ccccc2)nc(-c2cccc3c2oc2cccc(-c4cccc5cc(-c6ccccc6)ccc45)c23)n1.Clc1nc(-c2ccccc2)nc(-c2cccc3c2sc2cccc(-c4cc(-c5cccnc5)cc5ccccc45)c23)n1.Clc1nc(-c2ccccc2)nc(-c2cccc3c2sc2cccc(-c4cccc(-c5ccccc5)c4)c23)n1. The number of furan rings is 1. The van der Waals surface area contributed by atoms with E-state index in [1.165, 1.54) is 91.6 Å². The van der Waals surface area contributed by atoms with Gasteiger partial charge in [-0.25, -0.2) is 15.0 Å². The van der Waals surface area contributed by atoms with Crippen LogP contribution in [0.4, 0.5) is 0 Å². The van der Waals surface area contributed by atoms with Crippen molar-refractivity contribution >= 4 is 141 Å². The second kappa shape index (κ2) is 32.6. The summed E-state index contributed by atoms with van der Waals surface area (Å²) in [5.41, 5.74) is 20.9. The molecule has 23 aromatic rings. The van der Waals surface area contributed by atoms with Crippen molar-refractivity contribution in [1.29, 1.82) is 0 Å². The Labute approximate surface area is 723 Å². The van der Waals surface area contributed by atoms with Crippen LogP contribution in [0.2, 0.25) is 15.9 Å². The number of halogens is 3. The van der Waals surface area contributed by atoms with Crippen molar-refractivity contribution in [1.82, 2.24) is 49.8 Å². The lowest BCUT2D eigenvalue weighted by molar-refractivity contribution is 0.669. The Morgan fingerprint density at radius 2 is 0.607 bits per heavy atom. The summed E-state index contributed by atoms with van der Waals surface area (Å²) >= 11 is 22.7. The molecule has 0 amide bonds. The Bertz CT molecular complexity index is 7920. The highest BCUT2D eigenvalue weighted by atomic mass is 35.5. The molecule has 122 heavy (non-hydrogen) atoms. The van der Waals surface area contributed by atoms with Crippen molar-refractivity contribution in [3.8, 4) is 135 Å². The highest BCUT2D eigenvalue weighted by molar-refractivity contribution is 7.27. The molecule has 23 rings (SSSR count). The van der Waals surface area contributed by atoms with Gasteiger partial charge < -0.3 is 4.42 Å². The number of rotatable bonds is 12. The number of fused-ring (bicyclic) bond motifs is 11. The van der Waals surface area contributed by atoms with E-state index < -0.39 is 0 Å². The Kier molecular flexibility index (Phi) is 20.0. The van der Waals surface area contributed by atoms with Crippen molar-refractivity contribution < 1.29 is 4.42 Å². The molecule has 7 aromatic heterocycles. The maximum atomic E-state index is 6.53. The van der Waals surface area contributed by atoms with Crippen LogP contribution in [0.15, 0.2) is 387 Å². The lowest BCUT2D eigenvalue weighted by atomic mass is 9.91. The molecular formula is C106H63Cl3N10OS2. The molecule has 0 saturated heterocycles. The van der Waals surface area contributed by atoms with E-state index in [0.29, 0.717) is 40.5 Å². The molecule has 0 N–H and O–H groups in total. The average molecular weight is 1660 g/mol. The first kappa shape index (κ1) is 74.8. The van der Waals surface area contributed by atoms with Crippen LogP contribution in [0.5, 0.6) is 0 Å². The largest absolute Gasteiger partial charge is 0.455 e. The minimum Gasteiger partial charge on any atom is -0.455 e. The summed E-state index contributed by atoms with van der Waals surface area (Å²) < 4.78 is 11.2. The van der Waals surface area contributed by atoms with Crippen LogP contribution in [0.25, 0.3) is 219 Å². The molecule has 0 aliphatic heterocycles. The topological polar surface area (TPSA) is 142 Å². The predicted molar refractivity (Wildman–Crippen MR) is 506 cm³/mol. The van der Waals surface area contributed by atoms with Gasteiger partial charge in [0.1, 0.15) is 11.2 Å². The maximum Gasteiger partial charge on any atom is 0.226 e. The molecule has 0 fully saturated rings. The van der Waals surface area contributed by atoms with E-state index in [1.807, 2.05) is 146 Å². The number of hydrogen-bond donors (Lipinski definition) is 0. The molecule has 0 unspecified atom stereocenters. The first-order valence-electron chi connectivity index (χ1n) is 39.6. The van der Waals surface area contributed by atoms with Crippen LogP contribution in [-0.4, -0.2) is 49.8 Å². The number of para-hydroxylation sites is 1. The van der Waals surface area contributed by atoms with Crippen molar-refractivity contribution in [2.75, 3.05) is 0 Å². The molecule has 0 atom stereocenters. The number of benzene rings is 16. The van der Waals surface area contributed by atoms with Gasteiger partial charge in [-0.05, 0) is 184 Å². The van der Waals surface area contributed by atoms with Gasteiger partial charge in [-0.1, -0.05) is 303 Å². The van der Waals surface area contributed by atoms with E-state index in [2.05, 4.69) is 271 Å². The summed E-state index contributed by atoms with van der Waals surface area (Å²) in [4.78, 5) is 45.6. The zero-order chi connectivity index (χ0) is 81.6. The Balaban J connectivity index is 0.000000113. The van der Waals surface area contributed by atoms with E-state index in [0.717, 1.165) is 86.8 Å². The molecule has 0 radical (unpaired) electrons. The van der Waals surface area contributed by atoms with E-state index in [4.69, 9.17) is 54.2 Å². The van der Waals surface area contributed by atoms with Crippen molar-refractivity contribution in [3.63, 3.8) is 0 Å². The second-order valence-corrected chi connectivity index (χ2v) is 32.4. The Hall–Kier alpha value is -14.7. The van der Waals surface area contributed by atoms with Crippen molar-refractivity contribution in [2.24, 2.45) is 0 Å². The van der Waals surface area contributed by atoms with Crippen LogP contribution in [0.1, 0.15) is 0 Å². The first-order valence-corrected chi connectivity index (χ1v) is 42.4. The van der Waals surface area contributed by atoms with Gasteiger partial charge in [0.05, 0.1) is 5.56 Å². The molecule has 11 nitrogen and oxygen atoms in total. The summed E-state index contributed by atoms with van der Waals surface area (Å²) in [6.07, 6.45) is 3.73. The quantitative estimate of drug-likeness (QED) is 0.115. The van der Waals surface area contributed by atoms with Gasteiger partial charge in [-0.15, -0.1) is 22.7 Å². The lowest BCUT2D eigenvalue weighted by Gasteiger charge is -2.13. The van der Waals surface area contributed by atoms with Gasteiger partial charge in [0.2, 0.25) is 15.9 Å². The van der Waals surface area contributed by atoms with Crippen LogP contribution >= 0.6 is 57.5 Å². The number of hydrogen-bond acceptors (Lipinski definition) is 13. The van der Waals surface area contributed by atoms with Gasteiger partial charge in [-0.2, -0.15) is 29.9 Å². The van der Waals surface area contributed by atoms with E-state index in [9.17, 15) is 0 Å². The summed E-state index contributed by atoms with van der Waals surface area (Å²) in [5.74, 6) is 3.26. The number of aromatic nitrogens is 10. The Morgan fingerprint density at radius 1 is 0.221 bits per heavy atom. The third-order valence-corrected chi connectivity index (χ3v) is 24.8. The van der Waals surface area contributed by atoms with Gasteiger partial charge in [0.15, 0.2) is 34.9 Å². The monoisotopic (exact) mass is 1660 g/mol. The molecular weight excluding hydrogens is 1600 g/mol. The minimum absolute atomic E-state index is 0.137. The molecule has 0 aliphatic carbocycles. The van der Waals surface area contributed by atoms with E-state index in [-0.39, 0.29) is 15.9 Å². The average Bonchev–Trinajstić information content (AvgIpc) is 1.57. The third-order valence-electron chi connectivity index (χ3n) is 21.9. The third kappa shape index (κ3) is 14.5. The van der Waals surface area contributed by atoms with Gasteiger partial charge in [-0.3, -0.25) is 4.98 Å². The first-order chi connectivity index (χ1) is 60.2. The van der Waals surface area contributed by atoms with Gasteiger partial charge in [0.25, 0.3) is 0 Å². The van der Waals surface area contributed by atoms with E-state index in [1.54, 1.807) is 22.7 Å². The number of pyridine rings is 1. The highest BCUT2D eigenvalue weighted by Gasteiger charge is 2.24. The number of nitrogens with zero attached hydrogens (tertiary/aromatic N) is 10. The summed E-state index contributed by atoms with van der Waals surface area (Å²) in [5, 5.41) is 12.1. The fourth-order valence-electron chi connectivity index (χ4n) is 16.4. The molecule has 0 saturated carbocycles. The van der Waals surface area contributed by atoms with E-state index >= 15 is 0 Å². The molecule has 7 heterocycles. The van der Waals surface area contributed by atoms with Crippen LogP contribution in [0, 0.1) is 0 Å². The number of thiophene rings is 2. The summed E-state index contributed by atoms with van der Waals surface area (Å²) in [6, 6.07) is 128.